The molecule has 0 bridgehead atoms. The van der Waals surface area contributed by atoms with Crippen LogP contribution in [0.3, 0.4) is 0 Å². The second kappa shape index (κ2) is 4.03. The standard InChI is InChI=1S/C8H12N2O/c1-7(11)2-3-8-4-5-9-6-10-8/h4-7,11H,2-3H2,1H3/t7-/m1/s1. The third kappa shape index (κ3) is 3.09. The molecule has 1 heterocycles. The van der Waals surface area contributed by atoms with Gasteiger partial charge in [0.1, 0.15) is 6.33 Å². The maximum Gasteiger partial charge on any atom is 0.115 e. The van der Waals surface area contributed by atoms with Crippen molar-refractivity contribution in [2.24, 2.45) is 0 Å². The molecule has 60 valence electrons. The molecule has 0 aliphatic heterocycles. The van der Waals surface area contributed by atoms with Crippen molar-refractivity contribution in [2.75, 3.05) is 0 Å². The zero-order valence-corrected chi connectivity index (χ0v) is 6.57. The van der Waals surface area contributed by atoms with E-state index in [-0.39, 0.29) is 6.10 Å². The van der Waals surface area contributed by atoms with E-state index in [2.05, 4.69) is 9.97 Å². The Kier molecular flexibility index (Phi) is 2.98. The fraction of sp³-hybridized carbons (Fsp3) is 0.500. The number of rotatable bonds is 3. The average Bonchev–Trinajstić information content (AvgIpc) is 2.03. The van der Waals surface area contributed by atoms with Crippen LogP contribution < -0.4 is 0 Å². The molecule has 1 aromatic heterocycles. The molecule has 3 heteroatoms. The first-order chi connectivity index (χ1) is 5.29. The van der Waals surface area contributed by atoms with E-state index in [4.69, 9.17) is 5.11 Å². The molecular weight excluding hydrogens is 140 g/mol. The Hall–Kier alpha value is -0.960. The van der Waals surface area contributed by atoms with E-state index < -0.39 is 0 Å². The first kappa shape index (κ1) is 8.14. The molecule has 0 aliphatic rings. The summed E-state index contributed by atoms with van der Waals surface area (Å²) in [5.74, 6) is 0. The van der Waals surface area contributed by atoms with Gasteiger partial charge in [-0.2, -0.15) is 0 Å². The van der Waals surface area contributed by atoms with Gasteiger partial charge in [-0.15, -0.1) is 0 Å². The Bertz CT molecular complexity index is 199. The molecule has 1 N–H and O–H groups in total. The molecule has 0 fully saturated rings. The molecule has 11 heavy (non-hydrogen) atoms. The normalized spacial score (nSPS) is 12.9. The van der Waals surface area contributed by atoms with Crippen molar-refractivity contribution in [1.29, 1.82) is 0 Å². The van der Waals surface area contributed by atoms with E-state index in [1.165, 1.54) is 6.33 Å². The Morgan fingerprint density at radius 1 is 1.64 bits per heavy atom. The van der Waals surface area contributed by atoms with Gasteiger partial charge in [-0.05, 0) is 25.8 Å². The molecule has 1 aromatic rings. The van der Waals surface area contributed by atoms with E-state index in [1.54, 1.807) is 13.1 Å². The van der Waals surface area contributed by atoms with Crippen LogP contribution in [-0.4, -0.2) is 21.2 Å². The quantitative estimate of drug-likeness (QED) is 0.696. The van der Waals surface area contributed by atoms with E-state index in [9.17, 15) is 0 Å². The van der Waals surface area contributed by atoms with Gasteiger partial charge in [-0.25, -0.2) is 9.97 Å². The van der Waals surface area contributed by atoms with Crippen LogP contribution in [0.1, 0.15) is 19.0 Å². The molecule has 0 aliphatic carbocycles. The zero-order chi connectivity index (χ0) is 8.10. The van der Waals surface area contributed by atoms with E-state index in [0.29, 0.717) is 0 Å². The molecule has 0 amide bonds. The molecule has 1 rings (SSSR count). The molecule has 3 nitrogen and oxygen atoms in total. The Morgan fingerprint density at radius 2 is 2.45 bits per heavy atom. The minimum absolute atomic E-state index is 0.245. The number of nitrogens with zero attached hydrogens (tertiary/aromatic N) is 2. The van der Waals surface area contributed by atoms with Crippen LogP contribution in [0.15, 0.2) is 18.6 Å². The second-order valence-corrected chi connectivity index (χ2v) is 2.59. The highest BCUT2D eigenvalue weighted by molar-refractivity contribution is 4.97. The lowest BCUT2D eigenvalue weighted by Crippen LogP contribution is -2.02. The smallest absolute Gasteiger partial charge is 0.115 e. The lowest BCUT2D eigenvalue weighted by atomic mass is 10.2. The predicted octanol–water partition coefficient (Wildman–Crippen LogP) is 0.790. The van der Waals surface area contributed by atoms with Crippen LogP contribution in [0.5, 0.6) is 0 Å². The summed E-state index contributed by atoms with van der Waals surface area (Å²) in [5.41, 5.74) is 0.987. The molecule has 0 aromatic carbocycles. The first-order valence-corrected chi connectivity index (χ1v) is 3.72. The highest BCUT2D eigenvalue weighted by Gasteiger charge is 1.97. The summed E-state index contributed by atoms with van der Waals surface area (Å²) in [6.07, 6.45) is 4.57. The van der Waals surface area contributed by atoms with Gasteiger partial charge >= 0.3 is 0 Å². The summed E-state index contributed by atoms with van der Waals surface area (Å²) in [6.45, 7) is 1.78. The highest BCUT2D eigenvalue weighted by Crippen LogP contribution is 1.99. The van der Waals surface area contributed by atoms with E-state index >= 15 is 0 Å². The zero-order valence-electron chi connectivity index (χ0n) is 6.57. The van der Waals surface area contributed by atoms with Crippen LogP contribution in [0, 0.1) is 0 Å². The summed E-state index contributed by atoms with van der Waals surface area (Å²) in [7, 11) is 0. The maximum absolute atomic E-state index is 8.97. The molecule has 1 atom stereocenters. The third-order valence-electron chi connectivity index (χ3n) is 1.46. The number of aromatic nitrogens is 2. The van der Waals surface area contributed by atoms with Crippen LogP contribution in [0.2, 0.25) is 0 Å². The van der Waals surface area contributed by atoms with Crippen molar-refractivity contribution >= 4 is 0 Å². The third-order valence-corrected chi connectivity index (χ3v) is 1.46. The van der Waals surface area contributed by atoms with Gasteiger partial charge in [0.25, 0.3) is 0 Å². The molecule has 0 radical (unpaired) electrons. The topological polar surface area (TPSA) is 46.0 Å². The van der Waals surface area contributed by atoms with Crippen molar-refractivity contribution in [3.8, 4) is 0 Å². The van der Waals surface area contributed by atoms with Gasteiger partial charge in [0.2, 0.25) is 0 Å². The molecule has 0 spiro atoms. The molecule has 0 saturated heterocycles. The van der Waals surface area contributed by atoms with Gasteiger partial charge in [0.15, 0.2) is 0 Å². The summed E-state index contributed by atoms with van der Waals surface area (Å²) in [4.78, 5) is 7.83. The number of hydrogen-bond donors (Lipinski definition) is 1. The minimum Gasteiger partial charge on any atom is -0.393 e. The van der Waals surface area contributed by atoms with Gasteiger partial charge < -0.3 is 5.11 Å². The number of aliphatic hydroxyl groups is 1. The van der Waals surface area contributed by atoms with Gasteiger partial charge in [-0.3, -0.25) is 0 Å². The number of aliphatic hydroxyl groups excluding tert-OH is 1. The van der Waals surface area contributed by atoms with E-state index in [0.717, 1.165) is 18.5 Å². The van der Waals surface area contributed by atoms with E-state index in [1.807, 2.05) is 6.07 Å². The SMILES string of the molecule is C[C@@H](O)CCc1ccncn1. The number of hydrogen-bond acceptors (Lipinski definition) is 3. The summed E-state index contributed by atoms with van der Waals surface area (Å²) in [5, 5.41) is 8.97. The van der Waals surface area contributed by atoms with Crippen LogP contribution >= 0.6 is 0 Å². The summed E-state index contributed by atoms with van der Waals surface area (Å²) in [6, 6.07) is 1.86. The van der Waals surface area contributed by atoms with Crippen LogP contribution in [0.4, 0.5) is 0 Å². The lowest BCUT2D eigenvalue weighted by Gasteiger charge is -2.01. The predicted molar refractivity (Wildman–Crippen MR) is 42.0 cm³/mol. The Labute approximate surface area is 66.1 Å². The Morgan fingerprint density at radius 3 is 3.00 bits per heavy atom. The van der Waals surface area contributed by atoms with Crippen molar-refractivity contribution in [1.82, 2.24) is 9.97 Å². The number of aryl methyl sites for hydroxylation is 1. The fourth-order valence-electron chi connectivity index (χ4n) is 0.823. The Balaban J connectivity index is 2.39. The average molecular weight is 152 g/mol. The van der Waals surface area contributed by atoms with Crippen molar-refractivity contribution in [2.45, 2.75) is 25.9 Å². The van der Waals surface area contributed by atoms with Crippen molar-refractivity contribution in [3.05, 3.63) is 24.3 Å². The largest absolute Gasteiger partial charge is 0.393 e. The minimum atomic E-state index is -0.245. The van der Waals surface area contributed by atoms with Gasteiger partial charge in [-0.1, -0.05) is 0 Å². The first-order valence-electron chi connectivity index (χ1n) is 3.72. The lowest BCUT2D eigenvalue weighted by molar-refractivity contribution is 0.184. The maximum atomic E-state index is 8.97. The molecule has 0 saturated carbocycles. The molecule has 0 unspecified atom stereocenters. The van der Waals surface area contributed by atoms with Gasteiger partial charge in [0, 0.05) is 11.9 Å². The molecular formula is C8H12N2O. The van der Waals surface area contributed by atoms with Crippen LogP contribution in [0.25, 0.3) is 0 Å². The van der Waals surface area contributed by atoms with Crippen molar-refractivity contribution < 1.29 is 5.11 Å². The highest BCUT2D eigenvalue weighted by atomic mass is 16.3. The van der Waals surface area contributed by atoms with Crippen molar-refractivity contribution in [3.63, 3.8) is 0 Å². The second-order valence-electron chi connectivity index (χ2n) is 2.59. The monoisotopic (exact) mass is 152 g/mol. The summed E-state index contributed by atoms with van der Waals surface area (Å²) < 4.78 is 0. The van der Waals surface area contributed by atoms with Gasteiger partial charge in [0.05, 0.1) is 6.10 Å². The summed E-state index contributed by atoms with van der Waals surface area (Å²) >= 11 is 0. The fourth-order valence-corrected chi connectivity index (χ4v) is 0.823. The van der Waals surface area contributed by atoms with Crippen LogP contribution in [-0.2, 0) is 6.42 Å².